The van der Waals surface area contributed by atoms with Crippen LogP contribution >= 0.6 is 0 Å². The van der Waals surface area contributed by atoms with Gasteiger partial charge in [0.05, 0.1) is 5.75 Å². The van der Waals surface area contributed by atoms with Crippen LogP contribution in [-0.2, 0) is 10.0 Å². The zero-order valence-corrected chi connectivity index (χ0v) is 13.5. The first-order chi connectivity index (χ1) is 10.6. The molecule has 0 spiro atoms. The van der Waals surface area contributed by atoms with Crippen LogP contribution < -0.4 is 9.62 Å². The Labute approximate surface area is 131 Å². The highest BCUT2D eigenvalue weighted by Gasteiger charge is 2.23. The first-order valence-corrected chi connectivity index (χ1v) is 9.14. The van der Waals surface area contributed by atoms with Crippen molar-refractivity contribution in [1.29, 1.82) is 5.26 Å². The monoisotopic (exact) mass is 323 g/mol. The third kappa shape index (κ3) is 4.39. The summed E-state index contributed by atoms with van der Waals surface area (Å²) in [5, 5.41) is 9.07. The van der Waals surface area contributed by atoms with E-state index in [1.807, 2.05) is 11.8 Å². The van der Waals surface area contributed by atoms with E-state index in [2.05, 4.69) is 20.8 Å². The quantitative estimate of drug-likeness (QED) is 0.835. The molecule has 0 aromatic carbocycles. The molecule has 1 fully saturated rings. The lowest BCUT2D eigenvalue weighted by atomic mass is 9.97. The number of aromatic nitrogens is 2. The molecule has 1 aliphatic rings. The third-order valence-electron chi connectivity index (χ3n) is 3.76. The van der Waals surface area contributed by atoms with Crippen molar-refractivity contribution in [2.75, 3.05) is 30.3 Å². The van der Waals surface area contributed by atoms with Crippen molar-refractivity contribution in [3.05, 3.63) is 18.1 Å². The van der Waals surface area contributed by atoms with Gasteiger partial charge in [0, 0.05) is 32.0 Å². The van der Waals surface area contributed by atoms with E-state index in [0.717, 1.165) is 25.9 Å². The first-order valence-electron chi connectivity index (χ1n) is 7.49. The Morgan fingerprint density at radius 3 is 2.68 bits per heavy atom. The number of sulfonamides is 1. The molecule has 22 heavy (non-hydrogen) atoms. The van der Waals surface area contributed by atoms with Crippen LogP contribution in [0, 0.1) is 17.2 Å². The number of nitrogens with zero attached hydrogens (tertiary/aromatic N) is 4. The van der Waals surface area contributed by atoms with Gasteiger partial charge < -0.3 is 4.90 Å². The Hall–Kier alpha value is -1.72. The fourth-order valence-electron chi connectivity index (χ4n) is 2.58. The molecule has 2 heterocycles. The van der Waals surface area contributed by atoms with E-state index in [1.165, 1.54) is 6.20 Å². The minimum atomic E-state index is -3.14. The summed E-state index contributed by atoms with van der Waals surface area (Å²) in [7, 11) is -3.14. The van der Waals surface area contributed by atoms with E-state index in [1.54, 1.807) is 6.20 Å². The van der Waals surface area contributed by atoms with Crippen LogP contribution in [0.2, 0.25) is 0 Å². The van der Waals surface area contributed by atoms with Gasteiger partial charge in [0.25, 0.3) is 0 Å². The van der Waals surface area contributed by atoms with Gasteiger partial charge in [-0.3, -0.25) is 0 Å². The number of hydrogen-bond acceptors (Lipinski definition) is 6. The standard InChI is InChI=1S/C14H21N5O2S/c1-2-9-22(20,21)18-11-12-3-7-19(8-4-12)14-13(10-15)16-5-6-17-14/h5-6,12,18H,2-4,7-9,11H2,1H3. The average molecular weight is 323 g/mol. The molecule has 7 nitrogen and oxygen atoms in total. The van der Waals surface area contributed by atoms with E-state index in [4.69, 9.17) is 5.26 Å². The van der Waals surface area contributed by atoms with Crippen molar-refractivity contribution in [3.8, 4) is 6.07 Å². The normalized spacial score (nSPS) is 16.5. The number of piperidine rings is 1. The third-order valence-corrected chi connectivity index (χ3v) is 5.32. The van der Waals surface area contributed by atoms with Crippen molar-refractivity contribution in [2.45, 2.75) is 26.2 Å². The van der Waals surface area contributed by atoms with Gasteiger partial charge in [-0.2, -0.15) is 5.26 Å². The highest BCUT2D eigenvalue weighted by Crippen LogP contribution is 2.22. The van der Waals surface area contributed by atoms with Crippen molar-refractivity contribution < 1.29 is 8.42 Å². The van der Waals surface area contributed by atoms with Crippen LogP contribution in [0.4, 0.5) is 5.82 Å². The van der Waals surface area contributed by atoms with E-state index in [9.17, 15) is 8.42 Å². The second kappa shape index (κ2) is 7.51. The molecule has 0 aliphatic carbocycles. The predicted molar refractivity (Wildman–Crippen MR) is 83.8 cm³/mol. The zero-order valence-electron chi connectivity index (χ0n) is 12.7. The molecule has 0 saturated carbocycles. The molecule has 0 unspecified atom stereocenters. The molecule has 1 N–H and O–H groups in total. The largest absolute Gasteiger partial charge is 0.354 e. The summed E-state index contributed by atoms with van der Waals surface area (Å²) in [4.78, 5) is 10.3. The van der Waals surface area contributed by atoms with Crippen LogP contribution in [0.5, 0.6) is 0 Å². The molecule has 8 heteroatoms. The van der Waals surface area contributed by atoms with Crippen LogP contribution in [0.15, 0.2) is 12.4 Å². The lowest BCUT2D eigenvalue weighted by Gasteiger charge is -2.32. The molecule has 0 radical (unpaired) electrons. The Morgan fingerprint density at radius 2 is 2.05 bits per heavy atom. The second-order valence-electron chi connectivity index (χ2n) is 5.44. The Kier molecular flexibility index (Phi) is 5.69. The van der Waals surface area contributed by atoms with E-state index < -0.39 is 10.0 Å². The summed E-state index contributed by atoms with van der Waals surface area (Å²) >= 11 is 0. The summed E-state index contributed by atoms with van der Waals surface area (Å²) in [5.41, 5.74) is 0.338. The fraction of sp³-hybridized carbons (Fsp3) is 0.643. The van der Waals surface area contributed by atoms with E-state index in [-0.39, 0.29) is 5.75 Å². The van der Waals surface area contributed by atoms with Crippen LogP contribution in [0.25, 0.3) is 0 Å². The number of rotatable bonds is 6. The van der Waals surface area contributed by atoms with Gasteiger partial charge in [0.15, 0.2) is 11.5 Å². The molecule has 1 aromatic heterocycles. The molecular formula is C14H21N5O2S. The molecule has 120 valence electrons. The minimum Gasteiger partial charge on any atom is -0.354 e. The molecule has 0 amide bonds. The number of anilines is 1. The van der Waals surface area contributed by atoms with Crippen molar-refractivity contribution in [1.82, 2.24) is 14.7 Å². The molecule has 1 aliphatic heterocycles. The average Bonchev–Trinajstić information content (AvgIpc) is 2.53. The van der Waals surface area contributed by atoms with Gasteiger partial charge in [-0.25, -0.2) is 23.1 Å². The van der Waals surface area contributed by atoms with Gasteiger partial charge in [-0.1, -0.05) is 6.92 Å². The smallest absolute Gasteiger partial charge is 0.211 e. The molecule has 2 rings (SSSR count). The van der Waals surface area contributed by atoms with E-state index >= 15 is 0 Å². The highest BCUT2D eigenvalue weighted by atomic mass is 32.2. The van der Waals surface area contributed by atoms with Crippen molar-refractivity contribution in [3.63, 3.8) is 0 Å². The van der Waals surface area contributed by atoms with Crippen molar-refractivity contribution in [2.24, 2.45) is 5.92 Å². The topological polar surface area (TPSA) is 99.0 Å². The summed E-state index contributed by atoms with van der Waals surface area (Å²) in [6.45, 7) is 3.86. The second-order valence-corrected chi connectivity index (χ2v) is 7.36. The maximum atomic E-state index is 11.7. The molecule has 1 saturated heterocycles. The van der Waals surface area contributed by atoms with Crippen LogP contribution in [0.3, 0.4) is 0 Å². The first kappa shape index (κ1) is 16.6. The summed E-state index contributed by atoms with van der Waals surface area (Å²) in [5.74, 6) is 1.12. The maximum Gasteiger partial charge on any atom is 0.211 e. The zero-order chi connectivity index (χ0) is 16.0. The summed E-state index contributed by atoms with van der Waals surface area (Å²) < 4.78 is 26.0. The molecule has 1 aromatic rings. The summed E-state index contributed by atoms with van der Waals surface area (Å²) in [6.07, 6.45) is 5.46. The van der Waals surface area contributed by atoms with E-state index in [0.29, 0.717) is 30.4 Å². The number of nitriles is 1. The van der Waals surface area contributed by atoms with Gasteiger partial charge in [-0.15, -0.1) is 0 Å². The van der Waals surface area contributed by atoms with Crippen LogP contribution in [0.1, 0.15) is 31.9 Å². The Balaban J connectivity index is 1.87. The van der Waals surface area contributed by atoms with Gasteiger partial charge in [0.1, 0.15) is 6.07 Å². The Morgan fingerprint density at radius 1 is 1.36 bits per heavy atom. The highest BCUT2D eigenvalue weighted by molar-refractivity contribution is 7.89. The molecule has 0 atom stereocenters. The van der Waals surface area contributed by atoms with Crippen LogP contribution in [-0.4, -0.2) is 43.8 Å². The fourth-order valence-corrected chi connectivity index (χ4v) is 3.75. The maximum absolute atomic E-state index is 11.7. The SMILES string of the molecule is CCCS(=O)(=O)NCC1CCN(c2nccnc2C#N)CC1. The van der Waals surface area contributed by atoms with Crippen molar-refractivity contribution >= 4 is 15.8 Å². The minimum absolute atomic E-state index is 0.178. The lowest BCUT2D eigenvalue weighted by Crippen LogP contribution is -2.39. The number of hydrogen-bond donors (Lipinski definition) is 1. The molecular weight excluding hydrogens is 302 g/mol. The van der Waals surface area contributed by atoms with Gasteiger partial charge >= 0.3 is 0 Å². The number of nitrogens with one attached hydrogen (secondary N) is 1. The summed E-state index contributed by atoms with van der Waals surface area (Å²) in [6, 6.07) is 2.06. The van der Waals surface area contributed by atoms with Gasteiger partial charge in [0.2, 0.25) is 10.0 Å². The predicted octanol–water partition coefficient (Wildman–Crippen LogP) is 0.894. The lowest BCUT2D eigenvalue weighted by molar-refractivity contribution is 0.400. The molecule has 0 bridgehead atoms. The van der Waals surface area contributed by atoms with Gasteiger partial charge in [-0.05, 0) is 25.2 Å². The Bertz CT molecular complexity index is 633.